The second kappa shape index (κ2) is 8.37. The molecule has 1 N–H and O–H groups in total. The molecule has 0 amide bonds. The molecule has 1 rings (SSSR count). The molecule has 0 aliphatic carbocycles. The minimum absolute atomic E-state index is 0.977. The predicted molar refractivity (Wildman–Crippen MR) is 78.6 cm³/mol. The van der Waals surface area contributed by atoms with Crippen molar-refractivity contribution in [3.05, 3.63) is 41.5 Å². The summed E-state index contributed by atoms with van der Waals surface area (Å²) in [4.78, 5) is 1.36. The molecule has 1 nitrogen and oxygen atoms in total. The highest BCUT2D eigenvalue weighted by atomic mass is 32.2. The van der Waals surface area contributed by atoms with E-state index in [9.17, 15) is 0 Å². The van der Waals surface area contributed by atoms with Crippen LogP contribution in [0.5, 0.6) is 0 Å². The molecular formula is C15H23NS. The summed E-state index contributed by atoms with van der Waals surface area (Å²) in [6.07, 6.45) is 3.46. The molecule has 0 saturated carbocycles. The number of benzene rings is 1. The Labute approximate surface area is 110 Å². The van der Waals surface area contributed by atoms with Gasteiger partial charge < -0.3 is 5.32 Å². The van der Waals surface area contributed by atoms with Gasteiger partial charge in [-0.1, -0.05) is 30.7 Å². The van der Waals surface area contributed by atoms with Crippen LogP contribution in [0.2, 0.25) is 0 Å². The average molecular weight is 249 g/mol. The molecule has 0 bridgehead atoms. The summed E-state index contributed by atoms with van der Waals surface area (Å²) in [5.74, 6) is 1.06. The topological polar surface area (TPSA) is 12.0 Å². The lowest BCUT2D eigenvalue weighted by Gasteiger charge is -2.05. The molecular weight excluding hydrogens is 226 g/mol. The zero-order chi connectivity index (χ0) is 12.5. The van der Waals surface area contributed by atoms with E-state index in [0.717, 1.165) is 18.8 Å². The molecule has 1 aromatic rings. The molecule has 0 spiro atoms. The Bertz CT molecular complexity index is 354. The maximum atomic E-state index is 3.43. The van der Waals surface area contributed by atoms with Gasteiger partial charge in [0.15, 0.2) is 0 Å². The van der Waals surface area contributed by atoms with Crippen LogP contribution in [-0.2, 0) is 6.54 Å². The van der Waals surface area contributed by atoms with Crippen molar-refractivity contribution in [1.82, 2.24) is 5.32 Å². The van der Waals surface area contributed by atoms with Crippen molar-refractivity contribution >= 4 is 11.8 Å². The summed E-state index contributed by atoms with van der Waals surface area (Å²) < 4.78 is 0. The normalized spacial score (nSPS) is 10.3. The van der Waals surface area contributed by atoms with E-state index in [1.165, 1.54) is 22.5 Å². The van der Waals surface area contributed by atoms with Crippen molar-refractivity contribution in [3.63, 3.8) is 0 Å². The molecule has 0 heterocycles. The number of allylic oxidation sites excluding steroid dienone is 1. The van der Waals surface area contributed by atoms with E-state index in [4.69, 9.17) is 0 Å². The fourth-order valence-electron chi connectivity index (χ4n) is 1.46. The molecule has 2 heteroatoms. The van der Waals surface area contributed by atoms with Crippen LogP contribution in [0.1, 0.15) is 32.8 Å². The van der Waals surface area contributed by atoms with Gasteiger partial charge in [0.2, 0.25) is 0 Å². The lowest BCUT2D eigenvalue weighted by molar-refractivity contribution is 0.674. The maximum Gasteiger partial charge on any atom is 0.0205 e. The van der Waals surface area contributed by atoms with Gasteiger partial charge in [-0.3, -0.25) is 0 Å². The second-order valence-electron chi connectivity index (χ2n) is 4.42. The number of hydrogen-bond acceptors (Lipinski definition) is 2. The summed E-state index contributed by atoms with van der Waals surface area (Å²) in [5, 5.41) is 3.43. The Morgan fingerprint density at radius 3 is 2.88 bits per heavy atom. The fourth-order valence-corrected chi connectivity index (χ4v) is 2.48. The highest BCUT2D eigenvalue weighted by Gasteiger charge is 1.96. The molecule has 1 aromatic carbocycles. The van der Waals surface area contributed by atoms with Crippen molar-refractivity contribution < 1.29 is 0 Å². The van der Waals surface area contributed by atoms with Crippen LogP contribution >= 0.6 is 11.8 Å². The van der Waals surface area contributed by atoms with Gasteiger partial charge >= 0.3 is 0 Å². The average Bonchev–Trinajstić information content (AvgIpc) is 2.29. The number of rotatable bonds is 7. The van der Waals surface area contributed by atoms with E-state index in [1.54, 1.807) is 0 Å². The summed E-state index contributed by atoms with van der Waals surface area (Å²) >= 11 is 1.90. The Balaban J connectivity index is 2.45. The molecule has 0 fully saturated rings. The van der Waals surface area contributed by atoms with Gasteiger partial charge in [-0.05, 0) is 44.5 Å². The summed E-state index contributed by atoms with van der Waals surface area (Å²) in [6, 6.07) is 8.81. The van der Waals surface area contributed by atoms with Gasteiger partial charge in [-0.15, -0.1) is 11.8 Å². The van der Waals surface area contributed by atoms with Crippen molar-refractivity contribution in [1.29, 1.82) is 0 Å². The highest BCUT2D eigenvalue weighted by Crippen LogP contribution is 2.19. The van der Waals surface area contributed by atoms with E-state index < -0.39 is 0 Å². The Hall–Kier alpha value is -0.730. The standard InChI is InChI=1S/C15H23NS/c1-4-9-16-12-14-6-5-7-15(11-14)17-10-8-13(2)3/h5-8,11,16H,4,9-10,12H2,1-3H3. The van der Waals surface area contributed by atoms with Gasteiger partial charge in [0.1, 0.15) is 0 Å². The largest absolute Gasteiger partial charge is 0.313 e. The van der Waals surface area contributed by atoms with Gasteiger partial charge in [0, 0.05) is 17.2 Å². The van der Waals surface area contributed by atoms with Crippen molar-refractivity contribution in [2.75, 3.05) is 12.3 Å². The smallest absolute Gasteiger partial charge is 0.0205 e. The maximum absolute atomic E-state index is 3.43. The lowest BCUT2D eigenvalue weighted by atomic mass is 10.2. The third-order valence-electron chi connectivity index (χ3n) is 2.40. The summed E-state index contributed by atoms with van der Waals surface area (Å²) in [7, 11) is 0. The molecule has 0 saturated heterocycles. The van der Waals surface area contributed by atoms with Gasteiger partial charge in [-0.25, -0.2) is 0 Å². The SMILES string of the molecule is CCCNCc1cccc(SCC=C(C)C)c1. The molecule has 0 aliphatic rings. The molecule has 94 valence electrons. The Morgan fingerprint density at radius 1 is 1.35 bits per heavy atom. The van der Waals surface area contributed by atoms with E-state index >= 15 is 0 Å². The third kappa shape index (κ3) is 6.54. The van der Waals surface area contributed by atoms with Gasteiger partial charge in [-0.2, -0.15) is 0 Å². The molecule has 0 atom stereocenters. The second-order valence-corrected chi connectivity index (χ2v) is 5.51. The van der Waals surface area contributed by atoms with Crippen molar-refractivity contribution in [2.24, 2.45) is 0 Å². The fraction of sp³-hybridized carbons (Fsp3) is 0.467. The lowest BCUT2D eigenvalue weighted by Crippen LogP contribution is -2.13. The molecule has 17 heavy (non-hydrogen) atoms. The molecule has 0 radical (unpaired) electrons. The first kappa shape index (κ1) is 14.3. The monoisotopic (exact) mass is 249 g/mol. The first-order valence-corrected chi connectivity index (χ1v) is 7.26. The summed E-state index contributed by atoms with van der Waals surface area (Å²) in [5.41, 5.74) is 2.76. The van der Waals surface area contributed by atoms with Crippen LogP contribution in [0, 0.1) is 0 Å². The zero-order valence-corrected chi connectivity index (χ0v) is 11.9. The number of thioether (sulfide) groups is 1. The van der Waals surface area contributed by atoms with Gasteiger partial charge in [0.05, 0.1) is 0 Å². The van der Waals surface area contributed by atoms with E-state index in [2.05, 4.69) is 56.4 Å². The van der Waals surface area contributed by atoms with E-state index in [-0.39, 0.29) is 0 Å². The minimum atomic E-state index is 0.977. The zero-order valence-electron chi connectivity index (χ0n) is 11.1. The van der Waals surface area contributed by atoms with Crippen LogP contribution in [0.15, 0.2) is 40.8 Å². The Morgan fingerprint density at radius 2 is 2.18 bits per heavy atom. The highest BCUT2D eigenvalue weighted by molar-refractivity contribution is 7.99. The molecule has 0 aliphatic heterocycles. The molecule has 0 aromatic heterocycles. The van der Waals surface area contributed by atoms with Crippen molar-refractivity contribution in [3.8, 4) is 0 Å². The van der Waals surface area contributed by atoms with Crippen LogP contribution in [-0.4, -0.2) is 12.3 Å². The van der Waals surface area contributed by atoms with E-state index in [0.29, 0.717) is 0 Å². The number of nitrogens with one attached hydrogen (secondary N) is 1. The third-order valence-corrected chi connectivity index (χ3v) is 3.32. The van der Waals surface area contributed by atoms with Crippen LogP contribution in [0.25, 0.3) is 0 Å². The Kier molecular flexibility index (Phi) is 7.06. The molecule has 0 unspecified atom stereocenters. The first-order chi connectivity index (χ1) is 8.22. The number of hydrogen-bond donors (Lipinski definition) is 1. The quantitative estimate of drug-likeness (QED) is 0.440. The minimum Gasteiger partial charge on any atom is -0.313 e. The van der Waals surface area contributed by atoms with E-state index in [1.807, 2.05) is 11.8 Å². The van der Waals surface area contributed by atoms with Crippen LogP contribution < -0.4 is 5.32 Å². The van der Waals surface area contributed by atoms with Crippen LogP contribution in [0.4, 0.5) is 0 Å². The van der Waals surface area contributed by atoms with Gasteiger partial charge in [0.25, 0.3) is 0 Å². The summed E-state index contributed by atoms with van der Waals surface area (Å²) in [6.45, 7) is 8.55. The van der Waals surface area contributed by atoms with Crippen molar-refractivity contribution in [2.45, 2.75) is 38.6 Å². The first-order valence-electron chi connectivity index (χ1n) is 6.28. The predicted octanol–water partition coefficient (Wildman–Crippen LogP) is 4.24. The van der Waals surface area contributed by atoms with Crippen LogP contribution in [0.3, 0.4) is 0 Å².